The Bertz CT molecular complexity index is 499. The van der Waals surface area contributed by atoms with Gasteiger partial charge in [0.1, 0.15) is 0 Å². The van der Waals surface area contributed by atoms with Crippen molar-refractivity contribution < 1.29 is 19.1 Å². The molecule has 3 unspecified atom stereocenters. The summed E-state index contributed by atoms with van der Waals surface area (Å²) in [7, 11) is 0. The lowest BCUT2D eigenvalue weighted by Gasteiger charge is -2.26. The van der Waals surface area contributed by atoms with Gasteiger partial charge in [0, 0.05) is 0 Å². The molecule has 0 heterocycles. The molecule has 0 saturated carbocycles. The summed E-state index contributed by atoms with van der Waals surface area (Å²) in [6, 6.07) is 0. The highest BCUT2D eigenvalue weighted by Crippen LogP contribution is 2.28. The number of esters is 2. The maximum atomic E-state index is 12.5. The Morgan fingerprint density at radius 2 is 1.19 bits per heavy atom. The first-order valence-electron chi connectivity index (χ1n) is 13.1. The Hall–Kier alpha value is -1.32. The molecule has 0 aromatic heterocycles. The van der Waals surface area contributed by atoms with Crippen LogP contribution < -0.4 is 0 Å². The molecule has 1 rings (SSSR count). The van der Waals surface area contributed by atoms with E-state index in [0.717, 1.165) is 19.3 Å². The molecular formula is C27H48O4. The Morgan fingerprint density at radius 3 is 1.68 bits per heavy atom. The van der Waals surface area contributed by atoms with Crippen LogP contribution >= 0.6 is 0 Å². The SMILES string of the molecule is CCCCCCCCCCCCCCCOC(=O)C1CC=CCC1C(=O)OC(C)CC. The number of hydrogen-bond acceptors (Lipinski definition) is 4. The first-order valence-corrected chi connectivity index (χ1v) is 13.1. The fourth-order valence-corrected chi connectivity index (χ4v) is 4.10. The normalized spacial score (nSPS) is 19.2. The van der Waals surface area contributed by atoms with Gasteiger partial charge >= 0.3 is 11.9 Å². The maximum absolute atomic E-state index is 12.5. The van der Waals surface area contributed by atoms with Crippen LogP contribution in [0, 0.1) is 11.8 Å². The predicted molar refractivity (Wildman–Crippen MR) is 128 cm³/mol. The zero-order valence-electron chi connectivity index (χ0n) is 20.5. The summed E-state index contributed by atoms with van der Waals surface area (Å²) in [5, 5.41) is 0. The number of carbonyl (C=O) groups is 2. The van der Waals surface area contributed by atoms with Gasteiger partial charge in [0.15, 0.2) is 0 Å². The molecule has 0 bridgehead atoms. The van der Waals surface area contributed by atoms with Gasteiger partial charge in [-0.2, -0.15) is 0 Å². The van der Waals surface area contributed by atoms with Gasteiger partial charge in [-0.3, -0.25) is 9.59 Å². The molecular weight excluding hydrogens is 388 g/mol. The summed E-state index contributed by atoms with van der Waals surface area (Å²) in [6.07, 6.45) is 22.6. The van der Waals surface area contributed by atoms with Gasteiger partial charge in [0.2, 0.25) is 0 Å². The van der Waals surface area contributed by atoms with Gasteiger partial charge in [-0.15, -0.1) is 0 Å². The van der Waals surface area contributed by atoms with Crippen molar-refractivity contribution in [3.05, 3.63) is 12.2 Å². The molecule has 4 nitrogen and oxygen atoms in total. The molecule has 180 valence electrons. The Morgan fingerprint density at radius 1 is 0.742 bits per heavy atom. The van der Waals surface area contributed by atoms with Crippen LogP contribution in [0.4, 0.5) is 0 Å². The fourth-order valence-electron chi connectivity index (χ4n) is 4.10. The summed E-state index contributed by atoms with van der Waals surface area (Å²) >= 11 is 0. The summed E-state index contributed by atoms with van der Waals surface area (Å²) in [6.45, 7) is 6.60. The topological polar surface area (TPSA) is 52.6 Å². The number of carbonyl (C=O) groups excluding carboxylic acids is 2. The second kappa shape index (κ2) is 18.3. The van der Waals surface area contributed by atoms with Gasteiger partial charge in [-0.05, 0) is 32.6 Å². The van der Waals surface area contributed by atoms with E-state index >= 15 is 0 Å². The molecule has 31 heavy (non-hydrogen) atoms. The highest BCUT2D eigenvalue weighted by atomic mass is 16.5. The maximum Gasteiger partial charge on any atom is 0.310 e. The fraction of sp³-hybridized carbons (Fsp3) is 0.852. The van der Waals surface area contributed by atoms with Gasteiger partial charge in [-0.1, -0.05) is 103 Å². The Kier molecular flexibility index (Phi) is 16.3. The minimum absolute atomic E-state index is 0.110. The van der Waals surface area contributed by atoms with Gasteiger partial charge in [0.25, 0.3) is 0 Å². The lowest BCUT2D eigenvalue weighted by molar-refractivity contribution is -0.164. The minimum Gasteiger partial charge on any atom is -0.465 e. The van der Waals surface area contributed by atoms with Crippen molar-refractivity contribution in [2.75, 3.05) is 6.61 Å². The van der Waals surface area contributed by atoms with Crippen molar-refractivity contribution in [3.63, 3.8) is 0 Å². The molecule has 0 N–H and O–H groups in total. The van der Waals surface area contributed by atoms with E-state index in [1.807, 2.05) is 26.0 Å². The quantitative estimate of drug-likeness (QED) is 0.126. The minimum atomic E-state index is -0.404. The van der Waals surface area contributed by atoms with Crippen molar-refractivity contribution >= 4 is 11.9 Å². The molecule has 0 radical (unpaired) electrons. The van der Waals surface area contributed by atoms with Gasteiger partial charge in [-0.25, -0.2) is 0 Å². The number of allylic oxidation sites excluding steroid dienone is 2. The van der Waals surface area contributed by atoms with E-state index in [-0.39, 0.29) is 18.0 Å². The Labute approximate surface area is 191 Å². The summed E-state index contributed by atoms with van der Waals surface area (Å²) < 4.78 is 11.0. The third-order valence-corrected chi connectivity index (χ3v) is 6.42. The van der Waals surface area contributed by atoms with Crippen molar-refractivity contribution in [2.24, 2.45) is 11.8 Å². The molecule has 1 aliphatic carbocycles. The highest BCUT2D eigenvalue weighted by Gasteiger charge is 2.36. The molecule has 0 aromatic rings. The monoisotopic (exact) mass is 436 g/mol. The molecule has 0 fully saturated rings. The standard InChI is InChI=1S/C27H48O4/c1-4-6-7-8-9-10-11-12-13-14-15-16-19-22-30-26(28)24-20-17-18-21-25(24)27(29)31-23(3)5-2/h17-18,23-25H,4-16,19-22H2,1-3H3. The zero-order valence-corrected chi connectivity index (χ0v) is 20.5. The number of hydrogen-bond donors (Lipinski definition) is 0. The van der Waals surface area contributed by atoms with Crippen molar-refractivity contribution in [3.8, 4) is 0 Å². The first-order chi connectivity index (χ1) is 15.1. The van der Waals surface area contributed by atoms with Crippen LogP contribution in [0.15, 0.2) is 12.2 Å². The van der Waals surface area contributed by atoms with E-state index < -0.39 is 11.8 Å². The average Bonchev–Trinajstić information content (AvgIpc) is 2.79. The summed E-state index contributed by atoms with van der Waals surface area (Å²) in [5.74, 6) is -1.31. The second-order valence-corrected chi connectivity index (χ2v) is 9.22. The lowest BCUT2D eigenvalue weighted by atomic mass is 9.83. The molecule has 4 heteroatoms. The Balaban J connectivity index is 2.06. The van der Waals surface area contributed by atoms with Crippen LogP contribution in [-0.2, 0) is 19.1 Å². The second-order valence-electron chi connectivity index (χ2n) is 9.22. The number of ether oxygens (including phenoxy) is 2. The summed E-state index contributed by atoms with van der Waals surface area (Å²) in [4.78, 5) is 24.9. The molecule has 0 spiro atoms. The lowest BCUT2D eigenvalue weighted by Crippen LogP contribution is -2.35. The van der Waals surface area contributed by atoms with Crippen LogP contribution in [0.5, 0.6) is 0 Å². The zero-order chi connectivity index (χ0) is 22.7. The van der Waals surface area contributed by atoms with E-state index in [9.17, 15) is 9.59 Å². The summed E-state index contributed by atoms with van der Waals surface area (Å²) in [5.41, 5.74) is 0. The van der Waals surface area contributed by atoms with E-state index in [1.165, 1.54) is 70.6 Å². The highest BCUT2D eigenvalue weighted by molar-refractivity contribution is 5.82. The van der Waals surface area contributed by atoms with E-state index in [2.05, 4.69) is 6.92 Å². The largest absolute Gasteiger partial charge is 0.465 e. The van der Waals surface area contributed by atoms with Gasteiger partial charge in [0.05, 0.1) is 24.5 Å². The smallest absolute Gasteiger partial charge is 0.310 e. The van der Waals surface area contributed by atoms with Crippen molar-refractivity contribution in [1.29, 1.82) is 0 Å². The third kappa shape index (κ3) is 13.0. The van der Waals surface area contributed by atoms with Gasteiger partial charge < -0.3 is 9.47 Å². The average molecular weight is 437 g/mol. The molecule has 0 amide bonds. The predicted octanol–water partition coefficient (Wildman–Crippen LogP) is 7.54. The molecule has 1 aliphatic rings. The van der Waals surface area contributed by atoms with Crippen LogP contribution in [0.25, 0.3) is 0 Å². The number of unbranched alkanes of at least 4 members (excludes halogenated alkanes) is 12. The van der Waals surface area contributed by atoms with E-state index in [1.54, 1.807) is 0 Å². The van der Waals surface area contributed by atoms with Crippen molar-refractivity contribution in [1.82, 2.24) is 0 Å². The van der Waals surface area contributed by atoms with Crippen LogP contribution in [-0.4, -0.2) is 24.6 Å². The van der Waals surface area contributed by atoms with Crippen LogP contribution in [0.2, 0.25) is 0 Å². The first kappa shape index (κ1) is 27.7. The van der Waals surface area contributed by atoms with E-state index in [0.29, 0.717) is 19.4 Å². The molecule has 0 aromatic carbocycles. The van der Waals surface area contributed by atoms with Crippen molar-refractivity contribution in [2.45, 2.75) is 130 Å². The van der Waals surface area contributed by atoms with E-state index in [4.69, 9.17) is 9.47 Å². The molecule has 3 atom stereocenters. The number of rotatable bonds is 18. The van der Waals surface area contributed by atoms with Crippen LogP contribution in [0.1, 0.15) is 124 Å². The van der Waals surface area contributed by atoms with Crippen LogP contribution in [0.3, 0.4) is 0 Å². The molecule has 0 saturated heterocycles. The molecule has 0 aliphatic heterocycles. The third-order valence-electron chi connectivity index (χ3n) is 6.42.